The zero-order valence-corrected chi connectivity index (χ0v) is 36.7. The number of aliphatic hydroxyl groups is 2. The van der Waals surface area contributed by atoms with Crippen molar-refractivity contribution in [2.75, 3.05) is 37.1 Å². The molecule has 0 bridgehead atoms. The normalized spacial score (nSPS) is 14.3. The van der Waals surface area contributed by atoms with E-state index in [-0.39, 0.29) is 39.4 Å². The molecule has 3 heterocycles. The van der Waals surface area contributed by atoms with E-state index in [4.69, 9.17) is 24.3 Å². The number of nitrogens with one attached hydrogen (secondary N) is 4. The molecule has 2 amide bonds. The fourth-order valence-corrected chi connectivity index (χ4v) is 6.17. The number of aliphatic hydroxyl groups excluding tert-OH is 2. The first-order valence-electron chi connectivity index (χ1n) is 17.4. The third-order valence-electron chi connectivity index (χ3n) is 8.30. The van der Waals surface area contributed by atoms with Gasteiger partial charge in [0.05, 0.1) is 24.6 Å². The lowest BCUT2D eigenvalue weighted by Crippen LogP contribution is -2.44. The molecule has 0 radical (unpaired) electrons. The number of carbonyl (C=O) groups is 2. The largest absolute Gasteiger partial charge is 0.394 e. The van der Waals surface area contributed by atoms with Gasteiger partial charge in [-0.25, -0.2) is 47.2 Å². The van der Waals surface area contributed by atoms with E-state index in [0.717, 1.165) is 20.2 Å². The van der Waals surface area contributed by atoms with Gasteiger partial charge in [0.1, 0.15) is 59.8 Å². The molecule has 2 aromatic heterocycles. The van der Waals surface area contributed by atoms with Crippen LogP contribution in [0.25, 0.3) is 0 Å². The first-order valence-corrected chi connectivity index (χ1v) is 19.6. The van der Waals surface area contributed by atoms with Gasteiger partial charge in [0.2, 0.25) is 0 Å². The lowest BCUT2D eigenvalue weighted by molar-refractivity contribution is -0.147. The number of halogens is 6. The number of hydrogen-bond acceptors (Lipinski definition) is 14. The molecule has 0 aliphatic carbocycles. The van der Waals surface area contributed by atoms with Gasteiger partial charge in [-0.15, -0.1) is 0 Å². The fourth-order valence-electron chi connectivity index (χ4n) is 5.27. The summed E-state index contributed by atoms with van der Waals surface area (Å²) in [7, 11) is 2.13. The molecule has 2 atom stereocenters. The third-order valence-corrected chi connectivity index (χ3v) is 9.64. The number of hydrogen-bond donors (Lipinski definition) is 6. The number of nitrogens with zero attached hydrogens (tertiary/aromatic N) is 4. The minimum atomic E-state index is -1.41. The lowest BCUT2D eigenvalue weighted by Gasteiger charge is -2.18. The van der Waals surface area contributed by atoms with Gasteiger partial charge in [0, 0.05) is 21.2 Å². The molecule has 0 saturated carbocycles. The fraction of sp³-hybridized carbons (Fsp3) is 0.405. The van der Waals surface area contributed by atoms with Gasteiger partial charge in [0.25, 0.3) is 22.9 Å². The summed E-state index contributed by atoms with van der Waals surface area (Å²) in [5, 5.41) is 22.9. The Balaban J connectivity index is 0.000000422. The average Bonchev–Trinajstić information content (AvgIpc) is 3.56. The van der Waals surface area contributed by atoms with Gasteiger partial charge in [-0.2, -0.15) is 0 Å². The molecule has 1 unspecified atom stereocenters. The molecule has 6 N–H and O–H groups in total. The second-order valence-corrected chi connectivity index (χ2v) is 15.6. The molecule has 0 spiro atoms. The minimum Gasteiger partial charge on any atom is -0.394 e. The van der Waals surface area contributed by atoms with Crippen molar-refractivity contribution in [3.63, 3.8) is 0 Å². The van der Waals surface area contributed by atoms with Crippen LogP contribution in [-0.4, -0.2) is 84.7 Å². The van der Waals surface area contributed by atoms with Crippen LogP contribution in [0.1, 0.15) is 49.4 Å². The predicted octanol–water partition coefficient (Wildman–Crippen LogP) is 3.02. The average molecular weight is 1120 g/mol. The summed E-state index contributed by atoms with van der Waals surface area (Å²) in [6.07, 6.45) is -1.76. The van der Waals surface area contributed by atoms with Gasteiger partial charge in [-0.3, -0.25) is 38.0 Å². The minimum absolute atomic E-state index is 0. The van der Waals surface area contributed by atoms with Crippen molar-refractivity contribution in [2.45, 2.75) is 60.3 Å². The summed E-state index contributed by atoms with van der Waals surface area (Å²) >= 11 is 3.76. The molecule has 1 fully saturated rings. The summed E-state index contributed by atoms with van der Waals surface area (Å²) in [5.74, 6) is -5.60. The molecular formula is C37H46F4I2N8O12. The van der Waals surface area contributed by atoms with Crippen LogP contribution in [-0.2, 0) is 46.8 Å². The van der Waals surface area contributed by atoms with Crippen molar-refractivity contribution in [1.82, 2.24) is 29.2 Å². The van der Waals surface area contributed by atoms with E-state index in [1.807, 2.05) is 50.7 Å². The van der Waals surface area contributed by atoms with Crippen molar-refractivity contribution in [1.29, 1.82) is 0 Å². The molecule has 20 nitrogen and oxygen atoms in total. The molecule has 1 saturated heterocycles. The molecule has 5 rings (SSSR count). The van der Waals surface area contributed by atoms with E-state index < -0.39 is 114 Å². The van der Waals surface area contributed by atoms with Crippen molar-refractivity contribution < 1.29 is 56.5 Å². The first-order chi connectivity index (χ1) is 28.7. The Morgan fingerprint density at radius 3 is 1.62 bits per heavy atom. The summed E-state index contributed by atoms with van der Waals surface area (Å²) in [4.78, 5) is 84.8. The predicted molar refractivity (Wildman–Crippen MR) is 237 cm³/mol. The number of ether oxygens (including phenoxy) is 2. The van der Waals surface area contributed by atoms with Gasteiger partial charge in [-0.05, 0) is 95.4 Å². The quantitative estimate of drug-likeness (QED) is 0.0570. The summed E-state index contributed by atoms with van der Waals surface area (Å²) in [6.45, 7) is -0.337. The van der Waals surface area contributed by atoms with E-state index in [2.05, 4.69) is 16.1 Å². The highest BCUT2D eigenvalue weighted by molar-refractivity contribution is 14.1. The van der Waals surface area contributed by atoms with Gasteiger partial charge in [0.15, 0.2) is 19.4 Å². The van der Waals surface area contributed by atoms with Crippen LogP contribution in [0, 0.1) is 18.8 Å². The number of anilines is 4. The van der Waals surface area contributed by atoms with Crippen LogP contribution in [0.3, 0.4) is 0 Å². The number of rotatable bonds is 15. The van der Waals surface area contributed by atoms with Crippen LogP contribution in [0.2, 0.25) is 0 Å². The molecule has 63 heavy (non-hydrogen) atoms. The van der Waals surface area contributed by atoms with Crippen molar-refractivity contribution in [2.24, 2.45) is 14.1 Å². The van der Waals surface area contributed by atoms with Crippen molar-refractivity contribution in [3.05, 3.63) is 108 Å². The summed E-state index contributed by atoms with van der Waals surface area (Å²) in [5.41, 5.74) is -1.98. The Labute approximate surface area is 383 Å². The number of alkyl halides is 2. The second kappa shape index (κ2) is 23.8. The topological polar surface area (TPSA) is 248 Å². The van der Waals surface area contributed by atoms with E-state index in [1.54, 1.807) is 19.9 Å². The van der Waals surface area contributed by atoms with Gasteiger partial charge < -0.3 is 30.3 Å². The summed E-state index contributed by atoms with van der Waals surface area (Å²) in [6, 6.07) is 8.04. The van der Waals surface area contributed by atoms with Crippen LogP contribution in [0.5, 0.6) is 0 Å². The molecule has 348 valence electrons. The van der Waals surface area contributed by atoms with Crippen LogP contribution in [0.15, 0.2) is 55.6 Å². The van der Waals surface area contributed by atoms with E-state index in [0.29, 0.717) is 25.4 Å². The zero-order chi connectivity index (χ0) is 45.3. The van der Waals surface area contributed by atoms with Crippen molar-refractivity contribution >= 4 is 80.0 Å². The van der Waals surface area contributed by atoms with Gasteiger partial charge >= 0.3 is 11.4 Å². The number of amides is 2. The smallest absolute Gasteiger partial charge is 0.334 e. The standard InChI is InChI=1S/C19H21F2IN4O6.C16H17F2IN4O6.2CH4/c1-19(2)30-7-11(32-19)8-31-24-16(27)14-15(23-13-5-4-10(22)6-12(13)21)26(9-20)18(29)25(3)17(14)28;1-22-15(27)12(14(26)21-29-6-9(25)5-24)13(23(7-17)16(22)28)20-11-3-2-8(19)4-10(11)18;;/h4-6,11,23H,7-9H2,1-3H3,(H,24,27);2-4,9,20,24-25H,5-7H2,1H3,(H,21,26);2*1H4/t;9-;;/m.1../s1. The van der Waals surface area contributed by atoms with Crippen LogP contribution < -0.4 is 44.1 Å². The zero-order valence-electron chi connectivity index (χ0n) is 32.4. The Hall–Kier alpha value is -4.72. The SMILES string of the molecule is C.C.Cn1c(=O)c(C(=O)NOCC2COC(C)(C)O2)c(Nc2ccc(I)cc2F)n(CF)c1=O.Cn1c(=O)c(C(=O)NOC[C@H](O)CO)c(Nc2ccc(I)cc2F)n(CF)c1=O. The van der Waals surface area contributed by atoms with Crippen LogP contribution in [0.4, 0.5) is 40.6 Å². The molecular weight excluding hydrogens is 1080 g/mol. The van der Waals surface area contributed by atoms with E-state index in [9.17, 15) is 51.4 Å². The lowest BCUT2D eigenvalue weighted by atomic mass is 10.2. The Bertz CT molecular complexity index is 2520. The van der Waals surface area contributed by atoms with Crippen LogP contribution >= 0.6 is 45.2 Å². The third kappa shape index (κ3) is 13.4. The number of carbonyl (C=O) groups excluding carboxylic acids is 2. The Kier molecular flexibility index (Phi) is 20.6. The first kappa shape index (κ1) is 54.4. The maximum Gasteiger partial charge on any atom is 0.334 e. The second-order valence-electron chi connectivity index (χ2n) is 13.1. The number of benzene rings is 2. The molecule has 26 heteroatoms. The maximum atomic E-state index is 14.3. The molecule has 2 aromatic carbocycles. The van der Waals surface area contributed by atoms with Crippen molar-refractivity contribution in [3.8, 4) is 0 Å². The maximum absolute atomic E-state index is 14.3. The molecule has 1 aliphatic rings. The monoisotopic (exact) mass is 1120 g/mol. The Morgan fingerprint density at radius 1 is 0.825 bits per heavy atom. The number of hydroxylamine groups is 2. The Morgan fingerprint density at radius 2 is 1.25 bits per heavy atom. The van der Waals surface area contributed by atoms with E-state index in [1.165, 1.54) is 24.3 Å². The van der Waals surface area contributed by atoms with E-state index >= 15 is 0 Å². The molecule has 4 aromatic rings. The summed E-state index contributed by atoms with van der Waals surface area (Å²) < 4.78 is 69.9. The van der Waals surface area contributed by atoms with Gasteiger partial charge in [-0.1, -0.05) is 14.9 Å². The highest BCUT2D eigenvalue weighted by Gasteiger charge is 2.33. The highest BCUT2D eigenvalue weighted by Crippen LogP contribution is 2.25. The molecule has 1 aliphatic heterocycles. The number of aromatic nitrogens is 4. The highest BCUT2D eigenvalue weighted by atomic mass is 127.